The quantitative estimate of drug-likeness (QED) is 0.468. The van der Waals surface area contributed by atoms with Crippen LogP contribution in [0.4, 0.5) is 4.39 Å². The number of methoxy groups -OCH3 is 1. The SMILES string of the molecule is COc1cccc(CCCC(=O)[C@H](C)c2ccc(-c3ccccc3)c(F)c2)c1. The molecule has 3 heteroatoms. The van der Waals surface area contributed by atoms with Gasteiger partial charge in [0.15, 0.2) is 0 Å². The number of ketones is 1. The van der Waals surface area contributed by atoms with E-state index in [0.717, 1.165) is 35.3 Å². The lowest BCUT2D eigenvalue weighted by Crippen LogP contribution is -2.10. The number of Topliss-reactive ketones (excluding diaryl/α,β-unsaturated/α-hetero) is 1. The van der Waals surface area contributed by atoms with Crippen molar-refractivity contribution in [1.29, 1.82) is 0 Å². The van der Waals surface area contributed by atoms with Crippen molar-refractivity contribution < 1.29 is 13.9 Å². The van der Waals surface area contributed by atoms with E-state index in [1.54, 1.807) is 13.2 Å². The Morgan fingerprint density at radius 2 is 1.79 bits per heavy atom. The molecule has 0 spiro atoms. The number of hydrogen-bond donors (Lipinski definition) is 0. The molecule has 0 aromatic heterocycles. The lowest BCUT2D eigenvalue weighted by molar-refractivity contribution is -0.120. The second-order valence-electron chi connectivity index (χ2n) is 7.00. The molecule has 0 unspecified atom stereocenters. The fraction of sp³-hybridized carbons (Fsp3) is 0.240. The van der Waals surface area contributed by atoms with Crippen LogP contribution in [0.3, 0.4) is 0 Å². The van der Waals surface area contributed by atoms with Gasteiger partial charge in [-0.25, -0.2) is 4.39 Å². The lowest BCUT2D eigenvalue weighted by atomic mass is 9.91. The number of carbonyl (C=O) groups is 1. The molecule has 0 radical (unpaired) electrons. The maximum absolute atomic E-state index is 14.6. The highest BCUT2D eigenvalue weighted by Crippen LogP contribution is 2.27. The minimum absolute atomic E-state index is 0.134. The number of aryl methyl sites for hydroxylation is 1. The van der Waals surface area contributed by atoms with Crippen LogP contribution in [0, 0.1) is 5.82 Å². The Bertz CT molecular complexity index is 934. The van der Waals surface area contributed by atoms with Crippen LogP contribution < -0.4 is 4.74 Å². The predicted octanol–water partition coefficient (Wildman–Crippen LogP) is 6.20. The Balaban J connectivity index is 1.60. The van der Waals surface area contributed by atoms with Gasteiger partial charge in [0.2, 0.25) is 0 Å². The van der Waals surface area contributed by atoms with Crippen LogP contribution >= 0.6 is 0 Å². The fourth-order valence-corrected chi connectivity index (χ4v) is 3.35. The molecule has 3 aromatic carbocycles. The van der Waals surface area contributed by atoms with Crippen LogP contribution in [-0.2, 0) is 11.2 Å². The molecule has 1 atom stereocenters. The van der Waals surface area contributed by atoms with Crippen LogP contribution in [0.25, 0.3) is 11.1 Å². The van der Waals surface area contributed by atoms with E-state index in [0.29, 0.717) is 12.0 Å². The molecule has 28 heavy (non-hydrogen) atoms. The van der Waals surface area contributed by atoms with Crippen molar-refractivity contribution >= 4 is 5.78 Å². The van der Waals surface area contributed by atoms with Gasteiger partial charge in [0.1, 0.15) is 17.3 Å². The summed E-state index contributed by atoms with van der Waals surface area (Å²) in [6, 6.07) is 22.4. The maximum atomic E-state index is 14.6. The summed E-state index contributed by atoms with van der Waals surface area (Å²) in [5.74, 6) is 0.352. The molecule has 3 rings (SSSR count). The van der Waals surface area contributed by atoms with Crippen molar-refractivity contribution in [2.24, 2.45) is 0 Å². The molecule has 144 valence electrons. The Hall–Kier alpha value is -2.94. The van der Waals surface area contributed by atoms with Gasteiger partial charge in [-0.2, -0.15) is 0 Å². The Labute approximate surface area is 166 Å². The van der Waals surface area contributed by atoms with Crippen molar-refractivity contribution in [3.8, 4) is 16.9 Å². The second kappa shape index (κ2) is 9.32. The summed E-state index contributed by atoms with van der Waals surface area (Å²) in [4.78, 5) is 12.6. The molecule has 0 heterocycles. The van der Waals surface area contributed by atoms with Crippen LogP contribution in [0.1, 0.15) is 36.8 Å². The average molecular weight is 376 g/mol. The van der Waals surface area contributed by atoms with Crippen molar-refractivity contribution in [1.82, 2.24) is 0 Å². The van der Waals surface area contributed by atoms with E-state index >= 15 is 0 Å². The van der Waals surface area contributed by atoms with Crippen molar-refractivity contribution in [3.05, 3.63) is 89.7 Å². The standard InChI is InChI=1S/C25H25FO2/c1-18(25(27)13-7-9-19-8-6-12-22(16-19)28-2)21-14-15-23(24(26)17-21)20-10-4-3-5-11-20/h3-6,8,10-12,14-18H,7,9,13H2,1-2H3/t18-/m1/s1. The largest absolute Gasteiger partial charge is 0.497 e. The lowest BCUT2D eigenvalue weighted by Gasteiger charge is -2.13. The molecule has 0 fully saturated rings. The van der Waals surface area contributed by atoms with Crippen molar-refractivity contribution in [2.45, 2.75) is 32.1 Å². The van der Waals surface area contributed by atoms with Gasteiger partial charge in [0.25, 0.3) is 0 Å². The molecule has 2 nitrogen and oxygen atoms in total. The van der Waals surface area contributed by atoms with Gasteiger partial charge in [0.05, 0.1) is 7.11 Å². The number of benzene rings is 3. The van der Waals surface area contributed by atoms with Gasteiger partial charge in [0, 0.05) is 17.9 Å². The van der Waals surface area contributed by atoms with E-state index in [4.69, 9.17) is 4.74 Å². The highest BCUT2D eigenvalue weighted by molar-refractivity contribution is 5.85. The second-order valence-corrected chi connectivity index (χ2v) is 7.00. The zero-order valence-electron chi connectivity index (χ0n) is 16.3. The summed E-state index contributed by atoms with van der Waals surface area (Å²) < 4.78 is 19.8. The van der Waals surface area contributed by atoms with E-state index in [-0.39, 0.29) is 17.5 Å². The zero-order valence-corrected chi connectivity index (χ0v) is 16.3. The van der Waals surface area contributed by atoms with Crippen LogP contribution in [0.5, 0.6) is 5.75 Å². The minimum atomic E-state index is -0.315. The van der Waals surface area contributed by atoms with Gasteiger partial charge >= 0.3 is 0 Å². The first kappa shape index (κ1) is 19.8. The van der Waals surface area contributed by atoms with Crippen LogP contribution in [0.2, 0.25) is 0 Å². The molecule has 0 bridgehead atoms. The van der Waals surface area contributed by atoms with Crippen molar-refractivity contribution in [2.75, 3.05) is 7.11 Å². The van der Waals surface area contributed by atoms with E-state index < -0.39 is 0 Å². The summed E-state index contributed by atoms with van der Waals surface area (Å²) in [5, 5.41) is 0. The van der Waals surface area contributed by atoms with Crippen LogP contribution in [0.15, 0.2) is 72.8 Å². The molecule has 0 amide bonds. The first-order valence-electron chi connectivity index (χ1n) is 9.59. The summed E-state index contributed by atoms with van der Waals surface area (Å²) >= 11 is 0. The molecule has 0 N–H and O–H groups in total. The summed E-state index contributed by atoms with van der Waals surface area (Å²) in [5.41, 5.74) is 3.27. The molecular formula is C25H25FO2. The monoisotopic (exact) mass is 376 g/mol. The molecule has 3 aromatic rings. The number of halogens is 1. The first-order chi connectivity index (χ1) is 13.6. The third-order valence-electron chi connectivity index (χ3n) is 5.08. The predicted molar refractivity (Wildman–Crippen MR) is 111 cm³/mol. The number of rotatable bonds is 8. The highest BCUT2D eigenvalue weighted by Gasteiger charge is 2.17. The zero-order chi connectivity index (χ0) is 19.9. The summed E-state index contributed by atoms with van der Waals surface area (Å²) in [6.45, 7) is 1.85. The first-order valence-corrected chi connectivity index (χ1v) is 9.59. The Morgan fingerprint density at radius 1 is 1.00 bits per heavy atom. The van der Waals surface area contributed by atoms with E-state index in [2.05, 4.69) is 0 Å². The average Bonchev–Trinajstić information content (AvgIpc) is 2.73. The summed E-state index contributed by atoms with van der Waals surface area (Å²) in [7, 11) is 1.65. The third-order valence-corrected chi connectivity index (χ3v) is 5.08. The number of ether oxygens (including phenoxy) is 1. The van der Waals surface area contributed by atoms with E-state index in [1.165, 1.54) is 6.07 Å². The van der Waals surface area contributed by atoms with Gasteiger partial charge in [-0.3, -0.25) is 4.79 Å². The van der Waals surface area contributed by atoms with Gasteiger partial charge in [-0.15, -0.1) is 0 Å². The topological polar surface area (TPSA) is 26.3 Å². The third kappa shape index (κ3) is 4.86. The molecule has 0 aliphatic heterocycles. The molecule has 0 aliphatic carbocycles. The van der Waals surface area contributed by atoms with Gasteiger partial charge in [-0.1, -0.05) is 61.5 Å². The molecule has 0 saturated heterocycles. The van der Waals surface area contributed by atoms with Gasteiger partial charge < -0.3 is 4.74 Å². The number of hydrogen-bond acceptors (Lipinski definition) is 2. The van der Waals surface area contributed by atoms with Gasteiger partial charge in [-0.05, 0) is 47.7 Å². The molecule has 0 saturated carbocycles. The van der Waals surface area contributed by atoms with Crippen LogP contribution in [-0.4, -0.2) is 12.9 Å². The normalized spacial score (nSPS) is 11.8. The van der Waals surface area contributed by atoms with E-state index in [9.17, 15) is 9.18 Å². The smallest absolute Gasteiger partial charge is 0.140 e. The maximum Gasteiger partial charge on any atom is 0.140 e. The fourth-order valence-electron chi connectivity index (χ4n) is 3.35. The molecular weight excluding hydrogens is 351 g/mol. The Morgan fingerprint density at radius 3 is 2.50 bits per heavy atom. The van der Waals surface area contributed by atoms with Crippen molar-refractivity contribution in [3.63, 3.8) is 0 Å². The number of carbonyl (C=O) groups excluding carboxylic acids is 1. The van der Waals surface area contributed by atoms with E-state index in [1.807, 2.05) is 67.6 Å². The molecule has 0 aliphatic rings. The minimum Gasteiger partial charge on any atom is -0.497 e. The summed E-state index contributed by atoms with van der Waals surface area (Å²) in [6.07, 6.45) is 2.05. The Kier molecular flexibility index (Phi) is 6.59. The highest BCUT2D eigenvalue weighted by atomic mass is 19.1.